The van der Waals surface area contributed by atoms with Crippen molar-refractivity contribution in [2.45, 2.75) is 161 Å². The zero-order valence-electron chi connectivity index (χ0n) is 26.6. The molecule has 4 nitrogen and oxygen atoms in total. The van der Waals surface area contributed by atoms with Crippen LogP contribution >= 0.6 is 0 Å². The molecule has 0 rings (SSSR count). The molecule has 0 amide bonds. The van der Waals surface area contributed by atoms with Crippen molar-refractivity contribution in [2.75, 3.05) is 0 Å². The third kappa shape index (κ3) is 32.0. The number of carboxylic acid groups (broad SMARTS) is 1. The molecule has 1 unspecified atom stereocenters. The number of carboxylic acids is 1. The average Bonchev–Trinajstić information content (AvgIpc) is 2.95. The fourth-order valence-electron chi connectivity index (χ4n) is 4.56. The lowest BCUT2D eigenvalue weighted by Crippen LogP contribution is -2.18. The summed E-state index contributed by atoms with van der Waals surface area (Å²) in [5, 5.41) is 8.74. The first-order valence-electron chi connectivity index (χ1n) is 16.8. The summed E-state index contributed by atoms with van der Waals surface area (Å²) < 4.78 is 5.88. The van der Waals surface area contributed by atoms with Gasteiger partial charge in [0.2, 0.25) is 0 Å². The molecule has 0 aromatic heterocycles. The van der Waals surface area contributed by atoms with Crippen molar-refractivity contribution in [3.63, 3.8) is 0 Å². The van der Waals surface area contributed by atoms with E-state index in [0.29, 0.717) is 6.42 Å². The number of carbonyl (C=O) groups excluding carboxylic acids is 1. The smallest absolute Gasteiger partial charge is 0.306 e. The minimum Gasteiger partial charge on any atom is -0.481 e. The average molecular weight is 571 g/mol. The first-order valence-corrected chi connectivity index (χ1v) is 16.8. The monoisotopic (exact) mass is 570 g/mol. The van der Waals surface area contributed by atoms with Crippen LogP contribution in [0.5, 0.6) is 0 Å². The van der Waals surface area contributed by atoms with Gasteiger partial charge in [-0.25, -0.2) is 0 Å². The van der Waals surface area contributed by atoms with Gasteiger partial charge in [-0.2, -0.15) is 0 Å². The maximum atomic E-state index is 12.5. The normalized spacial score (nSPS) is 13.0. The molecule has 0 aliphatic rings. The van der Waals surface area contributed by atoms with E-state index in [1.54, 1.807) is 0 Å². The molecule has 0 bridgehead atoms. The van der Waals surface area contributed by atoms with Gasteiger partial charge in [-0.15, -0.1) is 0 Å². The minimum atomic E-state index is -0.710. The Morgan fingerprint density at radius 3 is 1.59 bits per heavy atom. The first kappa shape index (κ1) is 38.6. The summed E-state index contributed by atoms with van der Waals surface area (Å²) in [6.45, 7) is 4.37. The zero-order chi connectivity index (χ0) is 30.1. The molecule has 0 heterocycles. The topological polar surface area (TPSA) is 63.6 Å². The van der Waals surface area contributed by atoms with Crippen LogP contribution in [0.3, 0.4) is 0 Å². The van der Waals surface area contributed by atoms with E-state index in [4.69, 9.17) is 9.84 Å². The Morgan fingerprint density at radius 2 is 1.02 bits per heavy atom. The lowest BCUT2D eigenvalue weighted by atomic mass is 10.0. The van der Waals surface area contributed by atoms with Crippen LogP contribution in [0.4, 0.5) is 0 Å². The fourth-order valence-corrected chi connectivity index (χ4v) is 4.56. The van der Waals surface area contributed by atoms with Crippen LogP contribution in [0.25, 0.3) is 0 Å². The van der Waals surface area contributed by atoms with Gasteiger partial charge >= 0.3 is 11.9 Å². The van der Waals surface area contributed by atoms with E-state index in [9.17, 15) is 9.59 Å². The number of aliphatic carboxylic acids is 1. The molecule has 0 aliphatic heterocycles. The van der Waals surface area contributed by atoms with E-state index in [0.717, 1.165) is 109 Å². The molecule has 0 aliphatic carbocycles. The molecule has 1 N–H and O–H groups in total. The molecule has 0 saturated carbocycles. The van der Waals surface area contributed by atoms with E-state index in [1.807, 2.05) is 0 Å². The van der Waals surface area contributed by atoms with Gasteiger partial charge in [0.1, 0.15) is 6.10 Å². The molecule has 4 heteroatoms. The zero-order valence-corrected chi connectivity index (χ0v) is 26.6. The van der Waals surface area contributed by atoms with Crippen LogP contribution in [0, 0.1) is 0 Å². The third-order valence-electron chi connectivity index (χ3n) is 7.00. The second-order valence-electron chi connectivity index (χ2n) is 11.0. The predicted octanol–water partition coefficient (Wildman–Crippen LogP) is 11.4. The summed E-state index contributed by atoms with van der Waals surface area (Å²) in [6, 6.07) is 0. The molecule has 0 aromatic carbocycles. The standard InChI is InChI=1S/C37H62O4/c1-3-5-7-9-10-11-12-13-14-15-16-17-18-19-20-21-22-26-30-34-37(40)41-35(31-27-8-6-4-2)32-28-24-23-25-29-33-36(38)39/h5,7,10-11,13-14,16-17,19-20,35H,3-4,6,8-9,12,15,18,21-34H2,1-2H3,(H,38,39)/b7-5-,11-10-,14-13-,17-16-,20-19-. The van der Waals surface area contributed by atoms with Gasteiger partial charge in [0, 0.05) is 12.8 Å². The van der Waals surface area contributed by atoms with Crippen molar-refractivity contribution in [1.82, 2.24) is 0 Å². The van der Waals surface area contributed by atoms with E-state index >= 15 is 0 Å². The highest BCUT2D eigenvalue weighted by Gasteiger charge is 2.14. The first-order chi connectivity index (χ1) is 20.1. The molecule has 234 valence electrons. The number of ether oxygens (including phenoxy) is 1. The van der Waals surface area contributed by atoms with E-state index < -0.39 is 5.97 Å². The van der Waals surface area contributed by atoms with Crippen LogP contribution in [-0.4, -0.2) is 23.1 Å². The number of rotatable bonds is 29. The highest BCUT2D eigenvalue weighted by Crippen LogP contribution is 2.17. The Morgan fingerprint density at radius 1 is 0.561 bits per heavy atom. The SMILES string of the molecule is CC/C=C\C/C=C\C/C=C\C/C=C\C/C=C\CCCCCC(=O)OC(CCCCCC)CCCCCCCC(=O)O. The van der Waals surface area contributed by atoms with Gasteiger partial charge in [-0.05, 0) is 83.5 Å². The van der Waals surface area contributed by atoms with Crippen LogP contribution < -0.4 is 0 Å². The van der Waals surface area contributed by atoms with Crippen molar-refractivity contribution in [2.24, 2.45) is 0 Å². The van der Waals surface area contributed by atoms with Gasteiger partial charge in [0.05, 0.1) is 0 Å². The lowest BCUT2D eigenvalue weighted by Gasteiger charge is -2.18. The summed E-state index contributed by atoms with van der Waals surface area (Å²) in [5.41, 5.74) is 0. The summed E-state index contributed by atoms with van der Waals surface area (Å²) in [4.78, 5) is 23.1. The largest absolute Gasteiger partial charge is 0.481 e. The molecule has 0 fully saturated rings. The molecule has 0 aromatic rings. The summed E-state index contributed by atoms with van der Waals surface area (Å²) in [7, 11) is 0. The molecule has 0 saturated heterocycles. The second kappa shape index (κ2) is 32.2. The van der Waals surface area contributed by atoms with Crippen molar-refractivity contribution in [3.05, 3.63) is 60.8 Å². The van der Waals surface area contributed by atoms with Crippen molar-refractivity contribution in [3.8, 4) is 0 Å². The Labute approximate surface area is 253 Å². The third-order valence-corrected chi connectivity index (χ3v) is 7.00. The van der Waals surface area contributed by atoms with Crippen LogP contribution in [0.15, 0.2) is 60.8 Å². The molecule has 0 spiro atoms. The highest BCUT2D eigenvalue weighted by atomic mass is 16.5. The number of carbonyl (C=O) groups is 2. The predicted molar refractivity (Wildman–Crippen MR) is 176 cm³/mol. The van der Waals surface area contributed by atoms with Gasteiger partial charge in [-0.1, -0.05) is 120 Å². The number of hydrogen-bond donors (Lipinski definition) is 1. The molecule has 41 heavy (non-hydrogen) atoms. The number of hydrogen-bond acceptors (Lipinski definition) is 3. The Bertz CT molecular complexity index is 744. The molecular weight excluding hydrogens is 508 g/mol. The summed E-state index contributed by atoms with van der Waals surface area (Å²) in [6.07, 6.45) is 43.9. The van der Waals surface area contributed by atoms with Gasteiger partial charge in [0.25, 0.3) is 0 Å². The lowest BCUT2D eigenvalue weighted by molar-refractivity contribution is -0.150. The van der Waals surface area contributed by atoms with Crippen LogP contribution in [-0.2, 0) is 14.3 Å². The minimum absolute atomic E-state index is 0.0400. The number of allylic oxidation sites excluding steroid dienone is 10. The summed E-state index contributed by atoms with van der Waals surface area (Å²) >= 11 is 0. The van der Waals surface area contributed by atoms with Crippen molar-refractivity contribution >= 4 is 11.9 Å². The van der Waals surface area contributed by atoms with E-state index in [2.05, 4.69) is 74.6 Å². The maximum Gasteiger partial charge on any atom is 0.306 e. The molecule has 1 atom stereocenters. The Balaban J connectivity index is 3.92. The summed E-state index contributed by atoms with van der Waals surface area (Å²) in [5.74, 6) is -0.750. The second-order valence-corrected chi connectivity index (χ2v) is 11.0. The van der Waals surface area contributed by atoms with Crippen molar-refractivity contribution in [1.29, 1.82) is 0 Å². The Hall–Kier alpha value is -2.36. The van der Waals surface area contributed by atoms with Crippen molar-refractivity contribution < 1.29 is 19.4 Å². The molecular formula is C37H62O4. The van der Waals surface area contributed by atoms with Gasteiger partial charge in [0.15, 0.2) is 0 Å². The van der Waals surface area contributed by atoms with E-state index in [-0.39, 0.29) is 18.5 Å². The van der Waals surface area contributed by atoms with Gasteiger partial charge in [-0.3, -0.25) is 9.59 Å². The Kier molecular flexibility index (Phi) is 30.3. The van der Waals surface area contributed by atoms with Gasteiger partial charge < -0.3 is 9.84 Å². The maximum absolute atomic E-state index is 12.5. The number of unbranched alkanes of at least 4 members (excludes halogenated alkanes) is 10. The molecule has 0 radical (unpaired) electrons. The van der Waals surface area contributed by atoms with E-state index in [1.165, 1.54) is 19.3 Å². The highest BCUT2D eigenvalue weighted by molar-refractivity contribution is 5.69. The number of esters is 1. The van der Waals surface area contributed by atoms with Crippen LogP contribution in [0.1, 0.15) is 155 Å². The fraction of sp³-hybridized carbons (Fsp3) is 0.676. The van der Waals surface area contributed by atoms with Crippen LogP contribution in [0.2, 0.25) is 0 Å². The quantitative estimate of drug-likeness (QED) is 0.0552.